The molecule has 0 spiro atoms. The minimum Gasteiger partial charge on any atom is -0.356 e. The summed E-state index contributed by atoms with van der Waals surface area (Å²) < 4.78 is 1.69. The maximum atomic E-state index is 12.5. The zero-order valence-corrected chi connectivity index (χ0v) is 16.8. The number of nitrogens with one attached hydrogen (secondary N) is 1. The van der Waals surface area contributed by atoms with E-state index in [2.05, 4.69) is 37.3 Å². The second kappa shape index (κ2) is 8.86. The van der Waals surface area contributed by atoms with E-state index in [4.69, 9.17) is 0 Å². The van der Waals surface area contributed by atoms with E-state index in [0.717, 1.165) is 62.8 Å². The van der Waals surface area contributed by atoms with Crippen LogP contribution in [0.25, 0.3) is 5.65 Å². The van der Waals surface area contributed by atoms with Gasteiger partial charge < -0.3 is 15.1 Å². The molecule has 0 saturated carbocycles. The lowest BCUT2D eigenvalue weighted by Crippen LogP contribution is -2.41. The number of hydrogen-bond acceptors (Lipinski definition) is 6. The monoisotopic (exact) mass is 385 g/mol. The predicted octanol–water partition coefficient (Wildman–Crippen LogP) is 1.58. The summed E-state index contributed by atoms with van der Waals surface area (Å²) in [5, 5.41) is 15.6. The SMILES string of the molecule is CC1CCN(CCCNC(=O)C2CCN(c3ccc4nncn4n3)CC2)CC1. The van der Waals surface area contributed by atoms with Gasteiger partial charge in [0.15, 0.2) is 5.65 Å². The molecule has 152 valence electrons. The molecule has 1 N–H and O–H groups in total. The molecule has 0 radical (unpaired) electrons. The first-order valence-electron chi connectivity index (χ1n) is 10.6. The van der Waals surface area contributed by atoms with E-state index in [1.165, 1.54) is 25.9 Å². The number of aromatic nitrogens is 4. The zero-order valence-electron chi connectivity index (χ0n) is 16.8. The molecule has 28 heavy (non-hydrogen) atoms. The average Bonchev–Trinajstić information content (AvgIpc) is 3.20. The lowest BCUT2D eigenvalue weighted by Gasteiger charge is -2.32. The van der Waals surface area contributed by atoms with Crippen LogP contribution in [0.3, 0.4) is 0 Å². The van der Waals surface area contributed by atoms with Gasteiger partial charge in [0.2, 0.25) is 5.91 Å². The number of likely N-dealkylation sites (tertiary alicyclic amines) is 1. The normalized spacial score (nSPS) is 20.0. The molecule has 0 aromatic carbocycles. The van der Waals surface area contributed by atoms with Crippen LogP contribution in [-0.2, 0) is 4.79 Å². The van der Waals surface area contributed by atoms with E-state index < -0.39 is 0 Å². The van der Waals surface area contributed by atoms with Crippen LogP contribution < -0.4 is 10.2 Å². The zero-order chi connectivity index (χ0) is 19.3. The maximum Gasteiger partial charge on any atom is 0.223 e. The number of nitrogens with zero attached hydrogens (tertiary/aromatic N) is 6. The largest absolute Gasteiger partial charge is 0.356 e. The minimum absolute atomic E-state index is 0.116. The Bertz CT molecular complexity index is 776. The van der Waals surface area contributed by atoms with Crippen LogP contribution in [-0.4, -0.2) is 69.9 Å². The van der Waals surface area contributed by atoms with Gasteiger partial charge in [-0.25, -0.2) is 0 Å². The van der Waals surface area contributed by atoms with Gasteiger partial charge in [-0.1, -0.05) is 6.92 Å². The van der Waals surface area contributed by atoms with E-state index >= 15 is 0 Å². The third kappa shape index (κ3) is 4.60. The van der Waals surface area contributed by atoms with Crippen LogP contribution in [0.4, 0.5) is 5.82 Å². The highest BCUT2D eigenvalue weighted by Crippen LogP contribution is 2.22. The van der Waals surface area contributed by atoms with Gasteiger partial charge in [0.25, 0.3) is 0 Å². The lowest BCUT2D eigenvalue weighted by atomic mass is 9.96. The fraction of sp³-hybridized carbons (Fsp3) is 0.700. The average molecular weight is 386 g/mol. The van der Waals surface area contributed by atoms with E-state index in [9.17, 15) is 4.79 Å². The van der Waals surface area contributed by atoms with Gasteiger partial charge in [-0.2, -0.15) is 4.52 Å². The van der Waals surface area contributed by atoms with Crippen molar-refractivity contribution < 1.29 is 4.79 Å². The van der Waals surface area contributed by atoms with Crippen molar-refractivity contribution in [1.29, 1.82) is 0 Å². The molecule has 4 heterocycles. The molecule has 2 saturated heterocycles. The van der Waals surface area contributed by atoms with Crippen molar-refractivity contribution in [3.05, 3.63) is 18.5 Å². The summed E-state index contributed by atoms with van der Waals surface area (Å²) >= 11 is 0. The molecular weight excluding hydrogens is 354 g/mol. The second-order valence-corrected chi connectivity index (χ2v) is 8.26. The maximum absolute atomic E-state index is 12.5. The van der Waals surface area contributed by atoms with Crippen LogP contribution >= 0.6 is 0 Å². The van der Waals surface area contributed by atoms with Gasteiger partial charge in [0.05, 0.1) is 0 Å². The Morgan fingerprint density at radius 1 is 1.14 bits per heavy atom. The molecule has 4 rings (SSSR count). The van der Waals surface area contributed by atoms with Crippen molar-refractivity contribution in [2.75, 3.05) is 44.2 Å². The molecule has 2 fully saturated rings. The summed E-state index contributed by atoms with van der Waals surface area (Å²) in [5.74, 6) is 2.12. The van der Waals surface area contributed by atoms with Gasteiger partial charge in [0.1, 0.15) is 12.1 Å². The van der Waals surface area contributed by atoms with Crippen LogP contribution in [0.1, 0.15) is 39.0 Å². The van der Waals surface area contributed by atoms with Gasteiger partial charge >= 0.3 is 0 Å². The van der Waals surface area contributed by atoms with E-state index in [1.807, 2.05) is 12.1 Å². The highest BCUT2D eigenvalue weighted by atomic mass is 16.1. The van der Waals surface area contributed by atoms with E-state index in [1.54, 1.807) is 10.8 Å². The first kappa shape index (κ1) is 19.1. The smallest absolute Gasteiger partial charge is 0.223 e. The fourth-order valence-corrected chi connectivity index (χ4v) is 4.20. The van der Waals surface area contributed by atoms with Gasteiger partial charge in [-0.15, -0.1) is 15.3 Å². The molecule has 2 aliphatic rings. The molecule has 2 aliphatic heterocycles. The number of rotatable bonds is 6. The van der Waals surface area contributed by atoms with Crippen molar-refractivity contribution in [2.24, 2.45) is 11.8 Å². The Labute approximate surface area is 166 Å². The lowest BCUT2D eigenvalue weighted by molar-refractivity contribution is -0.125. The summed E-state index contributed by atoms with van der Waals surface area (Å²) in [7, 11) is 0. The summed E-state index contributed by atoms with van der Waals surface area (Å²) in [5.41, 5.74) is 0.747. The third-order valence-electron chi connectivity index (χ3n) is 6.16. The number of piperidine rings is 2. The molecule has 0 unspecified atom stereocenters. The van der Waals surface area contributed by atoms with Crippen LogP contribution in [0.15, 0.2) is 18.5 Å². The summed E-state index contributed by atoms with van der Waals surface area (Å²) in [4.78, 5) is 17.3. The first-order valence-corrected chi connectivity index (χ1v) is 10.6. The number of fused-ring (bicyclic) bond motifs is 1. The first-order chi connectivity index (χ1) is 13.7. The van der Waals surface area contributed by atoms with Crippen LogP contribution in [0, 0.1) is 11.8 Å². The van der Waals surface area contributed by atoms with Crippen molar-refractivity contribution in [2.45, 2.75) is 39.0 Å². The van der Waals surface area contributed by atoms with Crippen molar-refractivity contribution in [1.82, 2.24) is 30.0 Å². The number of carbonyl (C=O) groups is 1. The highest BCUT2D eigenvalue weighted by Gasteiger charge is 2.25. The molecule has 8 nitrogen and oxygen atoms in total. The van der Waals surface area contributed by atoms with Gasteiger partial charge in [-0.05, 0) is 69.8 Å². The Kier molecular flexibility index (Phi) is 6.04. The molecule has 8 heteroatoms. The Morgan fingerprint density at radius 2 is 1.93 bits per heavy atom. The second-order valence-electron chi connectivity index (χ2n) is 8.26. The van der Waals surface area contributed by atoms with E-state index in [-0.39, 0.29) is 11.8 Å². The standard InChI is InChI=1S/C20H31N7O/c1-16-5-11-25(12-6-16)10-2-9-21-20(28)17-7-13-26(14-8-17)19-4-3-18-23-22-15-27(18)24-19/h3-4,15-17H,2,5-14H2,1H3,(H,21,28). The van der Waals surface area contributed by atoms with Crippen molar-refractivity contribution >= 4 is 17.4 Å². The fourth-order valence-electron chi connectivity index (χ4n) is 4.20. The molecule has 2 aromatic rings. The minimum atomic E-state index is 0.116. The van der Waals surface area contributed by atoms with Crippen molar-refractivity contribution in [3.63, 3.8) is 0 Å². The molecule has 0 atom stereocenters. The summed E-state index contributed by atoms with van der Waals surface area (Å²) in [6.07, 6.45) is 7.02. The van der Waals surface area contributed by atoms with Crippen molar-refractivity contribution in [3.8, 4) is 0 Å². The number of amides is 1. The molecular formula is C20H31N7O. The summed E-state index contributed by atoms with van der Waals surface area (Å²) in [6, 6.07) is 3.91. The van der Waals surface area contributed by atoms with E-state index in [0.29, 0.717) is 0 Å². The Hall–Kier alpha value is -2.22. The Balaban J connectivity index is 1.16. The Morgan fingerprint density at radius 3 is 2.71 bits per heavy atom. The van der Waals surface area contributed by atoms with Crippen LogP contribution in [0.5, 0.6) is 0 Å². The molecule has 2 aromatic heterocycles. The quantitative estimate of drug-likeness (QED) is 0.761. The number of carbonyl (C=O) groups excluding carboxylic acids is 1. The number of anilines is 1. The molecule has 0 aliphatic carbocycles. The predicted molar refractivity (Wildman–Crippen MR) is 108 cm³/mol. The van der Waals surface area contributed by atoms with Gasteiger partial charge in [0, 0.05) is 25.6 Å². The highest BCUT2D eigenvalue weighted by molar-refractivity contribution is 5.78. The molecule has 1 amide bonds. The number of hydrogen-bond donors (Lipinski definition) is 1. The van der Waals surface area contributed by atoms with Gasteiger partial charge in [-0.3, -0.25) is 4.79 Å². The third-order valence-corrected chi connectivity index (χ3v) is 6.16. The van der Waals surface area contributed by atoms with Crippen LogP contribution in [0.2, 0.25) is 0 Å². The molecule has 0 bridgehead atoms. The topological polar surface area (TPSA) is 78.7 Å². The summed E-state index contributed by atoms with van der Waals surface area (Å²) in [6.45, 7) is 8.35.